The molecule has 158 valence electrons. The van der Waals surface area contributed by atoms with Crippen molar-refractivity contribution in [3.05, 3.63) is 70.2 Å². The number of carbonyl (C=O) groups is 1. The van der Waals surface area contributed by atoms with Crippen molar-refractivity contribution in [2.75, 3.05) is 26.2 Å². The molecule has 2 aromatic carbocycles. The van der Waals surface area contributed by atoms with E-state index in [-0.39, 0.29) is 5.91 Å². The van der Waals surface area contributed by atoms with Crippen molar-refractivity contribution in [2.45, 2.75) is 19.9 Å². The van der Waals surface area contributed by atoms with E-state index < -0.39 is 0 Å². The minimum absolute atomic E-state index is 0.167. The number of aryl methyl sites for hydroxylation is 1. The van der Waals surface area contributed by atoms with Crippen molar-refractivity contribution in [3.8, 4) is 10.6 Å². The van der Waals surface area contributed by atoms with Gasteiger partial charge in [-0.05, 0) is 19.1 Å². The fourth-order valence-electron chi connectivity index (χ4n) is 3.82. The second-order valence-electron chi connectivity index (χ2n) is 7.92. The van der Waals surface area contributed by atoms with Crippen molar-refractivity contribution in [2.24, 2.45) is 0 Å². The highest BCUT2D eigenvalue weighted by Gasteiger charge is 2.22. The van der Waals surface area contributed by atoms with Crippen LogP contribution in [-0.2, 0) is 17.8 Å². The number of para-hydroxylation sites is 1. The minimum Gasteiger partial charge on any atom is -0.340 e. The Morgan fingerprint density at radius 2 is 1.77 bits per heavy atom. The van der Waals surface area contributed by atoms with Crippen LogP contribution in [0.1, 0.15) is 16.3 Å². The summed E-state index contributed by atoms with van der Waals surface area (Å²) in [6.45, 7) is 6.22. The van der Waals surface area contributed by atoms with Gasteiger partial charge in [-0.3, -0.25) is 9.69 Å². The highest BCUT2D eigenvalue weighted by atomic mass is 32.1. The molecule has 0 bridgehead atoms. The summed E-state index contributed by atoms with van der Waals surface area (Å²) in [6, 6.07) is 16.6. The number of benzene rings is 2. The van der Waals surface area contributed by atoms with Crippen LogP contribution >= 0.6 is 22.7 Å². The second-order valence-corrected chi connectivity index (χ2v) is 9.89. The van der Waals surface area contributed by atoms with E-state index in [1.54, 1.807) is 22.7 Å². The Balaban J connectivity index is 1.14. The first-order valence-corrected chi connectivity index (χ1v) is 12.2. The molecule has 5 nitrogen and oxygen atoms in total. The molecule has 31 heavy (non-hydrogen) atoms. The molecule has 2 aromatic heterocycles. The van der Waals surface area contributed by atoms with Gasteiger partial charge >= 0.3 is 0 Å². The summed E-state index contributed by atoms with van der Waals surface area (Å²) in [6.07, 6.45) is 0.375. The average Bonchev–Trinajstić information content (AvgIpc) is 3.41. The Morgan fingerprint density at radius 1 is 1.00 bits per heavy atom. The summed E-state index contributed by atoms with van der Waals surface area (Å²) >= 11 is 3.37. The third kappa shape index (κ3) is 4.69. The maximum atomic E-state index is 12.8. The number of carbonyl (C=O) groups excluding carboxylic acids is 1. The van der Waals surface area contributed by atoms with E-state index in [0.717, 1.165) is 59.5 Å². The van der Waals surface area contributed by atoms with Gasteiger partial charge in [0, 0.05) is 37.1 Å². The lowest BCUT2D eigenvalue weighted by Crippen LogP contribution is -2.48. The van der Waals surface area contributed by atoms with Gasteiger partial charge < -0.3 is 4.90 Å². The third-order valence-electron chi connectivity index (χ3n) is 5.60. The molecule has 1 saturated heterocycles. The smallest absolute Gasteiger partial charge is 0.228 e. The summed E-state index contributed by atoms with van der Waals surface area (Å²) in [5.74, 6) is 0.167. The molecule has 5 rings (SSSR count). The number of thiazole rings is 2. The zero-order valence-electron chi connectivity index (χ0n) is 17.5. The number of amides is 1. The minimum atomic E-state index is 0.167. The maximum Gasteiger partial charge on any atom is 0.228 e. The van der Waals surface area contributed by atoms with E-state index in [2.05, 4.69) is 54.3 Å². The quantitative estimate of drug-likeness (QED) is 0.447. The van der Waals surface area contributed by atoms with Crippen LogP contribution in [0.25, 0.3) is 20.8 Å². The molecule has 1 aliphatic rings. The van der Waals surface area contributed by atoms with Crippen LogP contribution in [0.15, 0.2) is 53.9 Å². The molecule has 1 aliphatic heterocycles. The zero-order valence-corrected chi connectivity index (χ0v) is 19.1. The van der Waals surface area contributed by atoms with Crippen LogP contribution in [0.4, 0.5) is 0 Å². The van der Waals surface area contributed by atoms with Gasteiger partial charge in [-0.25, -0.2) is 9.97 Å². The Kier molecular flexibility index (Phi) is 5.80. The molecule has 7 heteroatoms. The fourth-order valence-corrected chi connectivity index (χ4v) is 5.65. The molecule has 4 aromatic rings. The van der Waals surface area contributed by atoms with Gasteiger partial charge in [0.2, 0.25) is 5.91 Å². The number of fused-ring (bicyclic) bond motifs is 1. The first-order valence-electron chi connectivity index (χ1n) is 10.5. The van der Waals surface area contributed by atoms with Crippen molar-refractivity contribution < 1.29 is 4.79 Å². The van der Waals surface area contributed by atoms with Crippen molar-refractivity contribution in [1.29, 1.82) is 0 Å². The molecular weight excluding hydrogens is 424 g/mol. The van der Waals surface area contributed by atoms with E-state index >= 15 is 0 Å². The third-order valence-corrected chi connectivity index (χ3v) is 7.57. The molecule has 1 fully saturated rings. The predicted molar refractivity (Wildman–Crippen MR) is 127 cm³/mol. The largest absolute Gasteiger partial charge is 0.340 e. The molecule has 0 unspecified atom stereocenters. The summed E-state index contributed by atoms with van der Waals surface area (Å²) < 4.78 is 1.24. The Hall–Kier alpha value is -2.61. The Morgan fingerprint density at radius 3 is 2.55 bits per heavy atom. The van der Waals surface area contributed by atoms with Crippen molar-refractivity contribution in [1.82, 2.24) is 19.8 Å². The number of nitrogens with zero attached hydrogens (tertiary/aromatic N) is 4. The van der Waals surface area contributed by atoms with Gasteiger partial charge in [-0.2, -0.15) is 0 Å². The number of hydrogen-bond donors (Lipinski definition) is 0. The van der Waals surface area contributed by atoms with Crippen molar-refractivity contribution >= 4 is 38.8 Å². The van der Waals surface area contributed by atoms with Crippen LogP contribution in [0.2, 0.25) is 0 Å². The molecule has 0 aliphatic carbocycles. The second kappa shape index (κ2) is 8.86. The Bertz CT molecular complexity index is 1160. The SMILES string of the molecule is Cc1ccc(-c2nc(CC(=O)N3CCN(Cc4nc5ccccc5s4)CC3)cs2)cc1. The Labute approximate surface area is 190 Å². The van der Waals surface area contributed by atoms with Crippen LogP contribution in [0.5, 0.6) is 0 Å². The van der Waals surface area contributed by atoms with Crippen molar-refractivity contribution in [3.63, 3.8) is 0 Å². The summed E-state index contributed by atoms with van der Waals surface area (Å²) in [7, 11) is 0. The molecule has 1 amide bonds. The van der Waals surface area contributed by atoms with Gasteiger partial charge in [0.1, 0.15) is 10.0 Å². The fraction of sp³-hybridized carbons (Fsp3) is 0.292. The average molecular weight is 449 g/mol. The van der Waals surface area contributed by atoms with E-state index in [1.165, 1.54) is 10.3 Å². The number of piperazine rings is 1. The molecule has 0 N–H and O–H groups in total. The molecule has 0 atom stereocenters. The van der Waals surface area contributed by atoms with Gasteiger partial charge in [0.05, 0.1) is 28.9 Å². The predicted octanol–water partition coefficient (Wildman–Crippen LogP) is 4.62. The lowest BCUT2D eigenvalue weighted by molar-refractivity contribution is -0.132. The molecule has 0 radical (unpaired) electrons. The molecular formula is C24H24N4OS2. The molecule has 0 spiro atoms. The van der Waals surface area contributed by atoms with Gasteiger partial charge in [-0.15, -0.1) is 22.7 Å². The monoisotopic (exact) mass is 448 g/mol. The van der Waals surface area contributed by atoms with E-state index in [1.807, 2.05) is 16.3 Å². The highest BCUT2D eigenvalue weighted by molar-refractivity contribution is 7.18. The van der Waals surface area contributed by atoms with Crippen LogP contribution in [0.3, 0.4) is 0 Å². The highest BCUT2D eigenvalue weighted by Crippen LogP contribution is 2.25. The first kappa shape index (κ1) is 20.3. The van der Waals surface area contributed by atoms with Crippen LogP contribution < -0.4 is 0 Å². The normalized spacial score (nSPS) is 14.9. The molecule has 0 saturated carbocycles. The van der Waals surface area contributed by atoms with E-state index in [4.69, 9.17) is 9.97 Å². The lowest BCUT2D eigenvalue weighted by Gasteiger charge is -2.34. The topological polar surface area (TPSA) is 49.3 Å². The van der Waals surface area contributed by atoms with Crippen LogP contribution in [-0.4, -0.2) is 51.9 Å². The first-order chi connectivity index (χ1) is 15.1. The van der Waals surface area contributed by atoms with Gasteiger partial charge in [-0.1, -0.05) is 42.0 Å². The van der Waals surface area contributed by atoms with Gasteiger partial charge in [0.15, 0.2) is 0 Å². The van der Waals surface area contributed by atoms with E-state index in [9.17, 15) is 4.79 Å². The molecule has 3 heterocycles. The summed E-state index contributed by atoms with van der Waals surface area (Å²) in [4.78, 5) is 26.6. The lowest BCUT2D eigenvalue weighted by atomic mass is 10.2. The zero-order chi connectivity index (χ0) is 21.2. The summed E-state index contributed by atoms with van der Waals surface area (Å²) in [5.41, 5.74) is 4.28. The number of hydrogen-bond acceptors (Lipinski definition) is 6. The van der Waals surface area contributed by atoms with Crippen LogP contribution in [0, 0.1) is 6.92 Å². The standard InChI is InChI=1S/C24H24N4OS2/c1-17-6-8-18(9-7-17)24-25-19(16-30-24)14-23(29)28-12-10-27(11-13-28)15-22-26-20-4-2-3-5-21(20)31-22/h2-9,16H,10-15H2,1H3. The summed E-state index contributed by atoms with van der Waals surface area (Å²) in [5, 5.41) is 4.13. The number of aromatic nitrogens is 2. The number of rotatable bonds is 5. The maximum absolute atomic E-state index is 12.8. The van der Waals surface area contributed by atoms with Gasteiger partial charge in [0.25, 0.3) is 0 Å². The van der Waals surface area contributed by atoms with E-state index in [0.29, 0.717) is 6.42 Å².